The number of ketones is 1. The van der Waals surface area contributed by atoms with E-state index in [1.807, 2.05) is 13.0 Å². The number of Topliss-reactive ketones (excluding diaryl/α,β-unsaturated/α-hetero) is 1. The summed E-state index contributed by atoms with van der Waals surface area (Å²) >= 11 is 0. The molecule has 1 aromatic rings. The smallest absolute Gasteiger partial charge is 0.173 e. The molecule has 1 aromatic carbocycles. The molecule has 0 bridgehead atoms. The fraction of sp³-hybridized carbons (Fsp3) is 0.500. The third-order valence-corrected chi connectivity index (χ3v) is 3.44. The molecular weight excluding hydrogens is 200 g/mol. The SMILES string of the molecule is Cc1ccc2c(c1)OC(C(=O)CC1CC1)C2. The molecule has 0 aromatic heterocycles. The largest absolute Gasteiger partial charge is 0.482 e. The summed E-state index contributed by atoms with van der Waals surface area (Å²) in [7, 11) is 0. The van der Waals surface area contributed by atoms with Gasteiger partial charge in [-0.25, -0.2) is 0 Å². The number of rotatable bonds is 3. The van der Waals surface area contributed by atoms with E-state index in [4.69, 9.17) is 4.74 Å². The molecule has 0 amide bonds. The number of hydrogen-bond donors (Lipinski definition) is 0. The van der Waals surface area contributed by atoms with E-state index in [-0.39, 0.29) is 11.9 Å². The second kappa shape index (κ2) is 3.62. The molecule has 1 atom stereocenters. The molecule has 84 valence electrons. The van der Waals surface area contributed by atoms with Crippen molar-refractivity contribution < 1.29 is 9.53 Å². The van der Waals surface area contributed by atoms with Crippen molar-refractivity contribution in [3.05, 3.63) is 29.3 Å². The molecule has 1 aliphatic carbocycles. The van der Waals surface area contributed by atoms with Crippen LogP contribution in [0, 0.1) is 12.8 Å². The molecule has 1 unspecified atom stereocenters. The van der Waals surface area contributed by atoms with Gasteiger partial charge in [-0.15, -0.1) is 0 Å². The molecule has 2 nitrogen and oxygen atoms in total. The van der Waals surface area contributed by atoms with E-state index in [9.17, 15) is 4.79 Å². The zero-order valence-corrected chi connectivity index (χ0v) is 9.53. The summed E-state index contributed by atoms with van der Waals surface area (Å²) in [5.41, 5.74) is 2.37. The van der Waals surface area contributed by atoms with Gasteiger partial charge in [-0.1, -0.05) is 12.1 Å². The highest BCUT2D eigenvalue weighted by Crippen LogP contribution is 2.35. The van der Waals surface area contributed by atoms with Crippen molar-refractivity contribution in [1.82, 2.24) is 0 Å². The number of ether oxygens (including phenoxy) is 1. The first-order valence-electron chi connectivity index (χ1n) is 6.01. The van der Waals surface area contributed by atoms with Crippen LogP contribution in [0.3, 0.4) is 0 Å². The zero-order valence-electron chi connectivity index (χ0n) is 9.53. The Morgan fingerprint density at radius 1 is 1.44 bits per heavy atom. The van der Waals surface area contributed by atoms with E-state index < -0.39 is 0 Å². The highest BCUT2D eigenvalue weighted by atomic mass is 16.5. The molecule has 0 radical (unpaired) electrons. The minimum absolute atomic E-state index is 0.211. The van der Waals surface area contributed by atoms with Gasteiger partial charge in [0, 0.05) is 12.8 Å². The van der Waals surface area contributed by atoms with Gasteiger partial charge >= 0.3 is 0 Å². The summed E-state index contributed by atoms with van der Waals surface area (Å²) in [6, 6.07) is 6.19. The number of carbonyl (C=O) groups is 1. The summed E-state index contributed by atoms with van der Waals surface area (Å²) in [6.07, 6.45) is 3.73. The third kappa shape index (κ3) is 1.84. The highest BCUT2D eigenvalue weighted by molar-refractivity contribution is 5.85. The minimum atomic E-state index is -0.211. The molecule has 0 spiro atoms. The lowest BCUT2D eigenvalue weighted by atomic mass is 10.0. The molecule has 16 heavy (non-hydrogen) atoms. The lowest BCUT2D eigenvalue weighted by Crippen LogP contribution is -2.25. The molecular formula is C14H16O2. The molecule has 1 saturated carbocycles. The van der Waals surface area contributed by atoms with Crippen LogP contribution in [0.1, 0.15) is 30.4 Å². The summed E-state index contributed by atoms with van der Waals surface area (Å²) in [5, 5.41) is 0. The molecule has 2 aliphatic rings. The predicted molar refractivity (Wildman–Crippen MR) is 61.6 cm³/mol. The quantitative estimate of drug-likeness (QED) is 0.776. The normalized spacial score (nSPS) is 22.7. The van der Waals surface area contributed by atoms with Crippen LogP contribution in [0.15, 0.2) is 18.2 Å². The van der Waals surface area contributed by atoms with Crippen molar-refractivity contribution in [2.75, 3.05) is 0 Å². The lowest BCUT2D eigenvalue weighted by Gasteiger charge is -2.08. The van der Waals surface area contributed by atoms with Crippen molar-refractivity contribution in [1.29, 1.82) is 0 Å². The summed E-state index contributed by atoms with van der Waals surface area (Å²) in [5.74, 6) is 1.85. The monoisotopic (exact) mass is 216 g/mol. The standard InChI is InChI=1S/C14H16O2/c1-9-2-5-11-8-14(16-13(11)6-9)12(15)7-10-3-4-10/h2,5-6,10,14H,3-4,7-8H2,1H3. The van der Waals surface area contributed by atoms with E-state index in [0.29, 0.717) is 5.92 Å². The van der Waals surface area contributed by atoms with Crippen molar-refractivity contribution in [3.63, 3.8) is 0 Å². The van der Waals surface area contributed by atoms with Crippen LogP contribution in [-0.4, -0.2) is 11.9 Å². The highest BCUT2D eigenvalue weighted by Gasteiger charge is 2.33. The van der Waals surface area contributed by atoms with Crippen molar-refractivity contribution in [2.45, 2.75) is 38.7 Å². The number of carbonyl (C=O) groups excluding carboxylic acids is 1. The van der Waals surface area contributed by atoms with Gasteiger partial charge in [-0.05, 0) is 42.9 Å². The van der Waals surface area contributed by atoms with Crippen LogP contribution in [0.2, 0.25) is 0 Å². The fourth-order valence-corrected chi connectivity index (χ4v) is 2.25. The van der Waals surface area contributed by atoms with Crippen LogP contribution in [0.5, 0.6) is 5.75 Å². The summed E-state index contributed by atoms with van der Waals surface area (Å²) in [6.45, 7) is 2.04. The maximum atomic E-state index is 11.9. The Morgan fingerprint density at radius 2 is 2.25 bits per heavy atom. The van der Waals surface area contributed by atoms with Gasteiger partial charge in [-0.3, -0.25) is 4.79 Å². The van der Waals surface area contributed by atoms with Crippen molar-refractivity contribution in [3.8, 4) is 5.75 Å². The van der Waals surface area contributed by atoms with Crippen LogP contribution >= 0.6 is 0 Å². The maximum Gasteiger partial charge on any atom is 0.173 e. The average molecular weight is 216 g/mol. The van der Waals surface area contributed by atoms with Crippen LogP contribution in [0.25, 0.3) is 0 Å². The van der Waals surface area contributed by atoms with Crippen LogP contribution in [0.4, 0.5) is 0 Å². The Hall–Kier alpha value is -1.31. The molecule has 0 saturated heterocycles. The fourth-order valence-electron chi connectivity index (χ4n) is 2.25. The Labute approximate surface area is 95.6 Å². The van der Waals surface area contributed by atoms with Crippen LogP contribution < -0.4 is 4.74 Å². The molecule has 1 heterocycles. The molecule has 1 aliphatic heterocycles. The molecule has 1 fully saturated rings. The second-order valence-electron chi connectivity index (χ2n) is 5.04. The molecule has 2 heteroatoms. The van der Waals surface area contributed by atoms with Gasteiger partial charge in [0.05, 0.1) is 0 Å². The Bertz CT molecular complexity index is 432. The van der Waals surface area contributed by atoms with E-state index in [1.54, 1.807) is 0 Å². The Morgan fingerprint density at radius 3 is 3.00 bits per heavy atom. The Balaban J connectivity index is 1.71. The first kappa shape index (κ1) is 9.88. The van der Waals surface area contributed by atoms with E-state index in [1.165, 1.54) is 24.0 Å². The first-order chi connectivity index (χ1) is 7.72. The van der Waals surface area contributed by atoms with Gasteiger partial charge in [0.15, 0.2) is 11.9 Å². The number of fused-ring (bicyclic) bond motifs is 1. The van der Waals surface area contributed by atoms with Crippen LogP contribution in [-0.2, 0) is 11.2 Å². The Kier molecular flexibility index (Phi) is 2.23. The third-order valence-electron chi connectivity index (χ3n) is 3.44. The van der Waals surface area contributed by atoms with Gasteiger partial charge in [-0.2, -0.15) is 0 Å². The first-order valence-corrected chi connectivity index (χ1v) is 6.01. The molecule has 3 rings (SSSR count). The predicted octanol–water partition coefficient (Wildman–Crippen LogP) is 2.67. The average Bonchev–Trinajstić information content (AvgIpc) is 2.95. The second-order valence-corrected chi connectivity index (χ2v) is 5.04. The minimum Gasteiger partial charge on any atom is -0.482 e. The van der Waals surface area contributed by atoms with Crippen molar-refractivity contribution in [2.24, 2.45) is 5.92 Å². The van der Waals surface area contributed by atoms with Gasteiger partial charge < -0.3 is 4.74 Å². The number of aryl methyl sites for hydroxylation is 1. The van der Waals surface area contributed by atoms with E-state index in [2.05, 4.69) is 12.1 Å². The molecule has 0 N–H and O–H groups in total. The zero-order chi connectivity index (χ0) is 11.1. The van der Waals surface area contributed by atoms with E-state index in [0.717, 1.165) is 18.6 Å². The lowest BCUT2D eigenvalue weighted by molar-refractivity contribution is -0.125. The van der Waals surface area contributed by atoms with E-state index >= 15 is 0 Å². The number of benzene rings is 1. The topological polar surface area (TPSA) is 26.3 Å². The van der Waals surface area contributed by atoms with Gasteiger partial charge in [0.25, 0.3) is 0 Å². The summed E-state index contributed by atoms with van der Waals surface area (Å²) in [4.78, 5) is 11.9. The van der Waals surface area contributed by atoms with Gasteiger partial charge in [0.1, 0.15) is 5.75 Å². The number of hydrogen-bond acceptors (Lipinski definition) is 2. The summed E-state index contributed by atoms with van der Waals surface area (Å²) < 4.78 is 5.73. The van der Waals surface area contributed by atoms with Crippen molar-refractivity contribution >= 4 is 5.78 Å². The van der Waals surface area contributed by atoms with Gasteiger partial charge in [0.2, 0.25) is 0 Å². The maximum absolute atomic E-state index is 11.9.